The van der Waals surface area contributed by atoms with Crippen LogP contribution in [0.5, 0.6) is 0 Å². The second kappa shape index (κ2) is 6.50. The molecule has 5 heteroatoms. The zero-order valence-electron chi connectivity index (χ0n) is 12.1. The zero-order chi connectivity index (χ0) is 15.5. The molecule has 0 aliphatic carbocycles. The molecule has 1 aliphatic rings. The van der Waals surface area contributed by atoms with Gasteiger partial charge in [-0.2, -0.15) is 0 Å². The van der Waals surface area contributed by atoms with E-state index < -0.39 is 12.3 Å². The van der Waals surface area contributed by atoms with E-state index in [-0.39, 0.29) is 18.1 Å². The molecular formula is C16H20F3NO. The largest absolute Gasteiger partial charge is 0.343 e. The maximum atomic E-state index is 12.9. The minimum absolute atomic E-state index is 0.106. The number of alkyl halides is 2. The minimum Gasteiger partial charge on any atom is -0.343 e. The highest BCUT2D eigenvalue weighted by Crippen LogP contribution is 2.29. The first-order chi connectivity index (χ1) is 9.85. The molecule has 0 bridgehead atoms. The van der Waals surface area contributed by atoms with Crippen molar-refractivity contribution in [2.24, 2.45) is 0 Å². The maximum absolute atomic E-state index is 12.9. The predicted molar refractivity (Wildman–Crippen MR) is 74.8 cm³/mol. The third kappa shape index (κ3) is 4.76. The van der Waals surface area contributed by atoms with Gasteiger partial charge in [0.25, 0.3) is 0 Å². The van der Waals surface area contributed by atoms with Crippen LogP contribution in [0.25, 0.3) is 0 Å². The minimum atomic E-state index is -2.79. The van der Waals surface area contributed by atoms with Crippen molar-refractivity contribution in [1.82, 2.24) is 4.90 Å². The van der Waals surface area contributed by atoms with Crippen LogP contribution in [0.1, 0.15) is 44.1 Å². The van der Waals surface area contributed by atoms with Crippen LogP contribution >= 0.6 is 0 Å². The summed E-state index contributed by atoms with van der Waals surface area (Å²) in [7, 11) is 0. The third-order valence-corrected chi connectivity index (χ3v) is 3.97. The average molecular weight is 299 g/mol. The van der Waals surface area contributed by atoms with Crippen molar-refractivity contribution in [2.45, 2.75) is 44.4 Å². The highest BCUT2D eigenvalue weighted by molar-refractivity contribution is 5.76. The van der Waals surface area contributed by atoms with Crippen LogP contribution in [0.2, 0.25) is 0 Å². The SMILES string of the molecule is CC(F)(F)CCC(=O)N1CCC(c2ccc(F)cc2)CC1. The zero-order valence-corrected chi connectivity index (χ0v) is 12.1. The van der Waals surface area contributed by atoms with E-state index >= 15 is 0 Å². The number of likely N-dealkylation sites (tertiary alicyclic amines) is 1. The van der Waals surface area contributed by atoms with Gasteiger partial charge in [-0.05, 0) is 43.4 Å². The van der Waals surface area contributed by atoms with Crippen LogP contribution in [0.3, 0.4) is 0 Å². The molecule has 1 heterocycles. The van der Waals surface area contributed by atoms with E-state index in [0.717, 1.165) is 25.3 Å². The lowest BCUT2D eigenvalue weighted by atomic mass is 9.89. The normalized spacial score (nSPS) is 17.0. The number of halogens is 3. The molecule has 1 aromatic rings. The highest BCUT2D eigenvalue weighted by atomic mass is 19.3. The van der Waals surface area contributed by atoms with E-state index in [4.69, 9.17) is 0 Å². The van der Waals surface area contributed by atoms with Gasteiger partial charge >= 0.3 is 0 Å². The van der Waals surface area contributed by atoms with E-state index in [1.165, 1.54) is 12.1 Å². The Balaban J connectivity index is 1.82. The first kappa shape index (κ1) is 15.9. The van der Waals surface area contributed by atoms with Crippen molar-refractivity contribution in [3.8, 4) is 0 Å². The van der Waals surface area contributed by atoms with Gasteiger partial charge in [0.1, 0.15) is 5.82 Å². The van der Waals surface area contributed by atoms with Crippen LogP contribution in [0, 0.1) is 5.82 Å². The predicted octanol–water partition coefficient (Wildman–Crippen LogP) is 3.97. The molecule has 1 saturated heterocycles. The molecule has 0 radical (unpaired) electrons. The average Bonchev–Trinajstić information content (AvgIpc) is 2.45. The van der Waals surface area contributed by atoms with Crippen molar-refractivity contribution >= 4 is 5.91 Å². The number of amides is 1. The van der Waals surface area contributed by atoms with Crippen molar-refractivity contribution < 1.29 is 18.0 Å². The number of nitrogens with zero attached hydrogens (tertiary/aromatic N) is 1. The van der Waals surface area contributed by atoms with Crippen LogP contribution < -0.4 is 0 Å². The molecule has 0 atom stereocenters. The van der Waals surface area contributed by atoms with Gasteiger partial charge < -0.3 is 4.90 Å². The molecule has 116 valence electrons. The molecule has 0 N–H and O–H groups in total. The van der Waals surface area contributed by atoms with Gasteiger partial charge in [-0.15, -0.1) is 0 Å². The molecule has 0 unspecified atom stereocenters. The van der Waals surface area contributed by atoms with Gasteiger partial charge in [0, 0.05) is 25.9 Å². The molecular weight excluding hydrogens is 279 g/mol. The first-order valence-electron chi connectivity index (χ1n) is 7.26. The van der Waals surface area contributed by atoms with E-state index in [2.05, 4.69) is 0 Å². The van der Waals surface area contributed by atoms with Gasteiger partial charge in [0.05, 0.1) is 0 Å². The summed E-state index contributed by atoms with van der Waals surface area (Å²) in [5.74, 6) is -2.94. The quantitative estimate of drug-likeness (QED) is 0.824. The Bertz CT molecular complexity index is 473. The standard InChI is InChI=1S/C16H20F3NO/c1-16(18,19)9-6-15(21)20-10-7-13(8-11-20)12-2-4-14(17)5-3-12/h2-5,13H,6-11H2,1H3. The lowest BCUT2D eigenvalue weighted by Gasteiger charge is -2.32. The molecule has 21 heavy (non-hydrogen) atoms. The van der Waals surface area contributed by atoms with Crippen LogP contribution in [0.15, 0.2) is 24.3 Å². The fourth-order valence-electron chi connectivity index (χ4n) is 2.68. The van der Waals surface area contributed by atoms with Gasteiger partial charge in [0.2, 0.25) is 11.8 Å². The second-order valence-corrected chi connectivity index (χ2v) is 5.78. The molecule has 2 rings (SSSR count). The Kier molecular flexibility index (Phi) is 4.91. The van der Waals surface area contributed by atoms with Gasteiger partial charge in [-0.1, -0.05) is 12.1 Å². The fraction of sp³-hybridized carbons (Fsp3) is 0.562. The second-order valence-electron chi connectivity index (χ2n) is 5.78. The summed E-state index contributed by atoms with van der Waals surface area (Å²) in [4.78, 5) is 13.5. The van der Waals surface area contributed by atoms with Gasteiger partial charge in [-0.3, -0.25) is 4.79 Å². The lowest BCUT2D eigenvalue weighted by molar-refractivity contribution is -0.134. The number of carbonyl (C=O) groups excluding carboxylic acids is 1. The number of carbonyl (C=O) groups is 1. The number of hydrogen-bond acceptors (Lipinski definition) is 1. The van der Waals surface area contributed by atoms with Crippen LogP contribution in [-0.2, 0) is 4.79 Å². The van der Waals surface area contributed by atoms with Gasteiger partial charge in [0.15, 0.2) is 0 Å². The third-order valence-electron chi connectivity index (χ3n) is 3.97. The summed E-state index contributed by atoms with van der Waals surface area (Å²) in [6, 6.07) is 6.43. The topological polar surface area (TPSA) is 20.3 Å². The lowest BCUT2D eigenvalue weighted by Crippen LogP contribution is -2.38. The van der Waals surface area contributed by atoms with E-state index in [1.807, 2.05) is 0 Å². The number of piperidine rings is 1. The van der Waals surface area contributed by atoms with Crippen LogP contribution in [-0.4, -0.2) is 29.8 Å². The Morgan fingerprint density at radius 2 is 1.81 bits per heavy atom. The molecule has 1 fully saturated rings. The highest BCUT2D eigenvalue weighted by Gasteiger charge is 2.27. The summed E-state index contributed by atoms with van der Waals surface area (Å²) >= 11 is 0. The summed E-state index contributed by atoms with van der Waals surface area (Å²) < 4.78 is 38.4. The summed E-state index contributed by atoms with van der Waals surface area (Å²) in [5, 5.41) is 0. The summed E-state index contributed by atoms with van der Waals surface area (Å²) in [5.41, 5.74) is 1.07. The number of rotatable bonds is 4. The molecule has 1 aliphatic heterocycles. The van der Waals surface area contributed by atoms with Gasteiger partial charge in [-0.25, -0.2) is 13.2 Å². The molecule has 0 spiro atoms. The number of hydrogen-bond donors (Lipinski definition) is 0. The van der Waals surface area contributed by atoms with Crippen molar-refractivity contribution in [3.63, 3.8) is 0 Å². The smallest absolute Gasteiger partial charge is 0.245 e. The fourth-order valence-corrected chi connectivity index (χ4v) is 2.68. The summed E-state index contributed by atoms with van der Waals surface area (Å²) in [6.45, 7) is 1.99. The van der Waals surface area contributed by atoms with E-state index in [0.29, 0.717) is 19.0 Å². The first-order valence-corrected chi connectivity index (χ1v) is 7.26. The Hall–Kier alpha value is -1.52. The summed E-state index contributed by atoms with van der Waals surface area (Å²) in [6.07, 6.45) is 1.08. The molecule has 0 saturated carbocycles. The van der Waals surface area contributed by atoms with Crippen LogP contribution in [0.4, 0.5) is 13.2 Å². The van der Waals surface area contributed by atoms with Crippen molar-refractivity contribution in [2.75, 3.05) is 13.1 Å². The Labute approximate surface area is 122 Å². The molecule has 1 aromatic carbocycles. The molecule has 1 amide bonds. The van der Waals surface area contributed by atoms with E-state index in [9.17, 15) is 18.0 Å². The molecule has 2 nitrogen and oxygen atoms in total. The van der Waals surface area contributed by atoms with E-state index in [1.54, 1.807) is 17.0 Å². The van der Waals surface area contributed by atoms with Crippen molar-refractivity contribution in [1.29, 1.82) is 0 Å². The molecule has 0 aromatic heterocycles. The Morgan fingerprint density at radius 3 is 2.33 bits per heavy atom. The monoisotopic (exact) mass is 299 g/mol. The Morgan fingerprint density at radius 1 is 1.24 bits per heavy atom. The van der Waals surface area contributed by atoms with Crippen molar-refractivity contribution in [3.05, 3.63) is 35.6 Å². The maximum Gasteiger partial charge on any atom is 0.245 e. The number of benzene rings is 1.